The minimum absolute atomic E-state index is 0. The first-order chi connectivity index (χ1) is 12.3. The van der Waals surface area contributed by atoms with Crippen LogP contribution < -0.4 is 10.6 Å². The van der Waals surface area contributed by atoms with Gasteiger partial charge >= 0.3 is 0 Å². The van der Waals surface area contributed by atoms with Crippen LogP contribution in [0.5, 0.6) is 0 Å². The molecule has 0 amide bonds. The lowest BCUT2D eigenvalue weighted by atomic mass is 10.1. The van der Waals surface area contributed by atoms with Gasteiger partial charge in [-0.25, -0.2) is 0 Å². The molecule has 0 heterocycles. The van der Waals surface area contributed by atoms with Gasteiger partial charge < -0.3 is 20.1 Å². The van der Waals surface area contributed by atoms with Gasteiger partial charge in [-0.3, -0.25) is 4.99 Å². The molecule has 2 N–H and O–H groups in total. The average Bonchev–Trinajstić information content (AvgIpc) is 2.91. The lowest BCUT2D eigenvalue weighted by Crippen LogP contribution is -2.39. The van der Waals surface area contributed by atoms with Crippen molar-refractivity contribution in [2.45, 2.75) is 57.8 Å². The van der Waals surface area contributed by atoms with Gasteiger partial charge in [0.25, 0.3) is 0 Å². The third-order valence-electron chi connectivity index (χ3n) is 4.64. The van der Waals surface area contributed by atoms with Gasteiger partial charge in [-0.1, -0.05) is 49.9 Å². The monoisotopic (exact) mass is 475 g/mol. The molecule has 1 saturated carbocycles. The Morgan fingerprint density at radius 2 is 1.77 bits per heavy atom. The number of benzene rings is 1. The molecule has 0 aromatic heterocycles. The summed E-state index contributed by atoms with van der Waals surface area (Å²) < 4.78 is 11.3. The van der Waals surface area contributed by atoms with Crippen molar-refractivity contribution >= 4 is 29.9 Å². The van der Waals surface area contributed by atoms with Crippen molar-refractivity contribution < 1.29 is 9.47 Å². The molecule has 1 aliphatic rings. The van der Waals surface area contributed by atoms with Crippen LogP contribution in [0.1, 0.15) is 49.7 Å². The van der Waals surface area contributed by atoms with Gasteiger partial charge in [0, 0.05) is 27.2 Å². The number of nitrogens with zero attached hydrogens (tertiary/aromatic N) is 1. The number of rotatable bonds is 8. The zero-order valence-corrected chi connectivity index (χ0v) is 18.5. The highest BCUT2D eigenvalue weighted by Crippen LogP contribution is 2.19. The third kappa shape index (κ3) is 8.68. The van der Waals surface area contributed by atoms with E-state index in [0.29, 0.717) is 12.7 Å². The summed E-state index contributed by atoms with van der Waals surface area (Å²) in [4.78, 5) is 4.29. The number of hydrogen-bond donors (Lipinski definition) is 2. The van der Waals surface area contributed by atoms with E-state index in [-0.39, 0.29) is 24.0 Å². The van der Waals surface area contributed by atoms with Crippen molar-refractivity contribution in [2.24, 2.45) is 4.99 Å². The molecule has 6 heteroatoms. The van der Waals surface area contributed by atoms with Gasteiger partial charge in [0.15, 0.2) is 5.96 Å². The van der Waals surface area contributed by atoms with Crippen molar-refractivity contribution in [3.05, 3.63) is 35.4 Å². The molecule has 0 saturated heterocycles. The second-order valence-electron chi connectivity index (χ2n) is 6.54. The molecule has 0 unspecified atom stereocenters. The number of methoxy groups -OCH3 is 1. The summed E-state index contributed by atoms with van der Waals surface area (Å²) in [5.74, 6) is 0.802. The summed E-state index contributed by atoms with van der Waals surface area (Å²) in [5, 5.41) is 6.69. The van der Waals surface area contributed by atoms with Crippen LogP contribution in [0.3, 0.4) is 0 Å². The molecule has 1 aromatic rings. The minimum Gasteiger partial charge on any atom is -0.380 e. The van der Waals surface area contributed by atoms with Gasteiger partial charge in [-0.05, 0) is 24.0 Å². The van der Waals surface area contributed by atoms with Crippen LogP contribution >= 0.6 is 24.0 Å². The van der Waals surface area contributed by atoms with Crippen molar-refractivity contribution in [1.29, 1.82) is 0 Å². The largest absolute Gasteiger partial charge is 0.380 e. The predicted octanol–water partition coefficient (Wildman–Crippen LogP) is 3.86. The Labute approximate surface area is 175 Å². The zero-order chi connectivity index (χ0) is 17.7. The van der Waals surface area contributed by atoms with E-state index in [9.17, 15) is 0 Å². The van der Waals surface area contributed by atoms with E-state index in [2.05, 4.69) is 27.8 Å². The van der Waals surface area contributed by atoms with Crippen LogP contribution in [0.15, 0.2) is 29.3 Å². The van der Waals surface area contributed by atoms with Gasteiger partial charge in [0.05, 0.1) is 19.3 Å². The molecule has 26 heavy (non-hydrogen) atoms. The Morgan fingerprint density at radius 1 is 1.08 bits per heavy atom. The maximum atomic E-state index is 6.01. The molecular formula is C20H34IN3O2. The Kier molecular flexibility index (Phi) is 12.7. The smallest absolute Gasteiger partial charge is 0.191 e. The molecule has 0 atom stereocenters. The topological polar surface area (TPSA) is 54.9 Å². The fraction of sp³-hybridized carbons (Fsp3) is 0.650. The summed E-state index contributed by atoms with van der Waals surface area (Å²) in [6.07, 6.45) is 8.20. The highest BCUT2D eigenvalue weighted by Gasteiger charge is 2.12. The second kappa shape index (κ2) is 14.2. The number of nitrogens with one attached hydrogen (secondary N) is 2. The molecule has 0 aliphatic heterocycles. The standard InChI is InChI=1S/C20H33N3O2.HI/c1-21-20(22-13-14-25-19-11-5-3-4-6-12-19)23-15-17-9-7-8-10-18(17)16-24-2;/h7-10,19H,3-6,11-16H2,1-2H3,(H2,21,22,23);1H. The molecule has 0 bridgehead atoms. The maximum absolute atomic E-state index is 6.01. The molecule has 5 nitrogen and oxygen atoms in total. The molecule has 1 fully saturated rings. The van der Waals surface area contributed by atoms with Crippen molar-refractivity contribution in [1.82, 2.24) is 10.6 Å². The van der Waals surface area contributed by atoms with Crippen molar-refractivity contribution in [2.75, 3.05) is 27.3 Å². The minimum atomic E-state index is 0. The predicted molar refractivity (Wildman–Crippen MR) is 118 cm³/mol. The first-order valence-corrected chi connectivity index (χ1v) is 9.45. The Morgan fingerprint density at radius 3 is 2.42 bits per heavy atom. The number of hydrogen-bond acceptors (Lipinski definition) is 3. The van der Waals surface area contributed by atoms with Gasteiger partial charge in [-0.2, -0.15) is 0 Å². The van der Waals surface area contributed by atoms with E-state index in [0.717, 1.165) is 25.7 Å². The average molecular weight is 475 g/mol. The molecule has 1 aliphatic carbocycles. The number of halogens is 1. The van der Waals surface area contributed by atoms with Crippen LogP contribution in [0.2, 0.25) is 0 Å². The van der Waals surface area contributed by atoms with E-state index in [1.165, 1.54) is 49.7 Å². The van der Waals surface area contributed by atoms with Crippen LogP contribution in [0.25, 0.3) is 0 Å². The summed E-state index contributed by atoms with van der Waals surface area (Å²) in [7, 11) is 3.52. The highest BCUT2D eigenvalue weighted by atomic mass is 127. The first-order valence-electron chi connectivity index (χ1n) is 9.45. The molecule has 0 radical (unpaired) electrons. The SMILES string of the molecule is CN=C(NCCOC1CCCCCC1)NCc1ccccc1COC.I. The van der Waals surface area contributed by atoms with Crippen LogP contribution in [0, 0.1) is 0 Å². The summed E-state index contributed by atoms with van der Waals surface area (Å²) in [6.45, 7) is 2.85. The summed E-state index contributed by atoms with van der Waals surface area (Å²) >= 11 is 0. The number of guanidine groups is 1. The third-order valence-corrected chi connectivity index (χ3v) is 4.64. The molecule has 0 spiro atoms. The van der Waals surface area contributed by atoms with Crippen LogP contribution in [-0.4, -0.2) is 39.4 Å². The van der Waals surface area contributed by atoms with Gasteiger partial charge in [-0.15, -0.1) is 24.0 Å². The lowest BCUT2D eigenvalue weighted by molar-refractivity contribution is 0.0468. The summed E-state index contributed by atoms with van der Waals surface area (Å²) in [5.41, 5.74) is 2.42. The van der Waals surface area contributed by atoms with Crippen LogP contribution in [0.4, 0.5) is 0 Å². The fourth-order valence-corrected chi connectivity index (χ4v) is 3.23. The lowest BCUT2D eigenvalue weighted by Gasteiger charge is -2.17. The van der Waals surface area contributed by atoms with Crippen molar-refractivity contribution in [3.8, 4) is 0 Å². The normalized spacial score (nSPS) is 15.8. The highest BCUT2D eigenvalue weighted by molar-refractivity contribution is 14.0. The Bertz CT molecular complexity index is 518. The van der Waals surface area contributed by atoms with E-state index in [4.69, 9.17) is 9.47 Å². The Hall–Kier alpha value is -0.860. The van der Waals surface area contributed by atoms with E-state index < -0.39 is 0 Å². The molecule has 1 aromatic carbocycles. The molecule has 2 rings (SSSR count). The molecular weight excluding hydrogens is 441 g/mol. The fourth-order valence-electron chi connectivity index (χ4n) is 3.23. The van der Waals surface area contributed by atoms with E-state index in [1.807, 2.05) is 12.1 Å². The summed E-state index contributed by atoms with van der Waals surface area (Å²) in [6, 6.07) is 8.30. The van der Waals surface area contributed by atoms with E-state index >= 15 is 0 Å². The first kappa shape index (κ1) is 23.2. The van der Waals surface area contributed by atoms with Gasteiger partial charge in [0.1, 0.15) is 0 Å². The number of aliphatic imine (C=N–C) groups is 1. The maximum Gasteiger partial charge on any atom is 0.191 e. The van der Waals surface area contributed by atoms with E-state index in [1.54, 1.807) is 14.2 Å². The van der Waals surface area contributed by atoms with Crippen LogP contribution in [-0.2, 0) is 22.6 Å². The second-order valence-corrected chi connectivity index (χ2v) is 6.54. The zero-order valence-electron chi connectivity index (χ0n) is 16.1. The van der Waals surface area contributed by atoms with Gasteiger partial charge in [0.2, 0.25) is 0 Å². The number of ether oxygens (including phenoxy) is 2. The Balaban J connectivity index is 0.00000338. The quantitative estimate of drug-likeness (QED) is 0.197. The van der Waals surface area contributed by atoms with Crippen molar-refractivity contribution in [3.63, 3.8) is 0 Å². The molecule has 148 valence electrons.